The number of nitrogens with zero attached hydrogens (tertiary/aromatic N) is 1. The molecule has 0 radical (unpaired) electrons. The Bertz CT molecular complexity index is 1860. The highest BCUT2D eigenvalue weighted by Gasteiger charge is 2.16. The Morgan fingerprint density at radius 1 is 0.378 bits per heavy atom. The first kappa shape index (κ1) is 21.5. The third-order valence-electron chi connectivity index (χ3n) is 7.45. The number of hydrogen-bond donors (Lipinski definition) is 0. The molecule has 1 heteroatoms. The standard InChI is InChI=1S/C36H26N/c1-37-22-20-27(21-23-37)26-14-17-28(18-15-26)35-31-10-4-6-12-33(31)36(34-13-7-5-11-32(34)35)30-19-16-25-8-2-3-9-29(25)24-30/h2-24H,1H3/q+1. The lowest BCUT2D eigenvalue weighted by Crippen LogP contribution is -2.25. The molecule has 0 aliphatic heterocycles. The molecule has 0 saturated carbocycles. The molecule has 0 unspecified atom stereocenters. The van der Waals surface area contributed by atoms with Crippen LogP contribution in [0, 0.1) is 0 Å². The molecule has 0 fully saturated rings. The van der Waals surface area contributed by atoms with E-state index in [-0.39, 0.29) is 0 Å². The van der Waals surface area contributed by atoms with Crippen molar-refractivity contribution in [3.63, 3.8) is 0 Å². The van der Waals surface area contributed by atoms with Gasteiger partial charge in [0.15, 0.2) is 12.4 Å². The van der Waals surface area contributed by atoms with Crippen molar-refractivity contribution in [3.05, 3.63) is 140 Å². The molecular formula is C36H26N+. The Balaban J connectivity index is 1.48. The smallest absolute Gasteiger partial charge is 0.169 e. The maximum absolute atomic E-state index is 2.33. The van der Waals surface area contributed by atoms with Gasteiger partial charge in [0.2, 0.25) is 0 Å². The van der Waals surface area contributed by atoms with Crippen LogP contribution in [-0.2, 0) is 7.05 Å². The fourth-order valence-corrected chi connectivity index (χ4v) is 5.62. The molecule has 1 heterocycles. The minimum absolute atomic E-state index is 1.23. The number of fused-ring (bicyclic) bond motifs is 3. The maximum atomic E-state index is 2.33. The van der Waals surface area contributed by atoms with Crippen LogP contribution in [0.1, 0.15) is 0 Å². The number of aryl methyl sites for hydroxylation is 1. The highest BCUT2D eigenvalue weighted by Crippen LogP contribution is 2.44. The predicted molar refractivity (Wildman–Crippen MR) is 156 cm³/mol. The van der Waals surface area contributed by atoms with Gasteiger partial charge >= 0.3 is 0 Å². The first-order valence-electron chi connectivity index (χ1n) is 12.7. The summed E-state index contributed by atoms with van der Waals surface area (Å²) in [5.41, 5.74) is 7.54. The molecule has 0 spiro atoms. The van der Waals surface area contributed by atoms with Crippen molar-refractivity contribution in [2.24, 2.45) is 7.05 Å². The van der Waals surface area contributed by atoms with E-state index in [9.17, 15) is 0 Å². The van der Waals surface area contributed by atoms with Crippen LogP contribution in [0.2, 0.25) is 0 Å². The molecule has 0 aliphatic carbocycles. The minimum atomic E-state index is 1.23. The quantitative estimate of drug-likeness (QED) is 0.178. The highest BCUT2D eigenvalue weighted by molar-refractivity contribution is 6.21. The normalized spacial score (nSPS) is 11.4. The van der Waals surface area contributed by atoms with E-state index in [1.54, 1.807) is 0 Å². The van der Waals surface area contributed by atoms with Crippen molar-refractivity contribution in [2.75, 3.05) is 0 Å². The van der Waals surface area contributed by atoms with Gasteiger partial charge in [-0.2, -0.15) is 0 Å². The summed E-state index contributed by atoms with van der Waals surface area (Å²) in [6.07, 6.45) is 4.19. The lowest BCUT2D eigenvalue weighted by molar-refractivity contribution is -0.671. The monoisotopic (exact) mass is 472 g/mol. The first-order valence-corrected chi connectivity index (χ1v) is 12.7. The van der Waals surface area contributed by atoms with Crippen LogP contribution in [0.5, 0.6) is 0 Å². The van der Waals surface area contributed by atoms with Crippen LogP contribution in [0.3, 0.4) is 0 Å². The van der Waals surface area contributed by atoms with Crippen molar-refractivity contribution < 1.29 is 4.57 Å². The molecule has 174 valence electrons. The zero-order chi connectivity index (χ0) is 24.8. The van der Waals surface area contributed by atoms with Crippen molar-refractivity contribution in [1.82, 2.24) is 0 Å². The summed E-state index contributed by atoms with van der Waals surface area (Å²) in [6, 6.07) is 46.5. The van der Waals surface area contributed by atoms with Gasteiger partial charge in [-0.3, -0.25) is 0 Å². The summed E-state index contributed by atoms with van der Waals surface area (Å²) in [5.74, 6) is 0. The van der Waals surface area contributed by atoms with Crippen LogP contribution in [0.4, 0.5) is 0 Å². The topological polar surface area (TPSA) is 3.88 Å². The van der Waals surface area contributed by atoms with Gasteiger partial charge in [-0.25, -0.2) is 4.57 Å². The molecular weight excluding hydrogens is 446 g/mol. The molecule has 0 bridgehead atoms. The number of aromatic nitrogens is 1. The zero-order valence-corrected chi connectivity index (χ0v) is 20.7. The van der Waals surface area contributed by atoms with Crippen LogP contribution in [-0.4, -0.2) is 0 Å². The van der Waals surface area contributed by atoms with Crippen LogP contribution >= 0.6 is 0 Å². The first-order chi connectivity index (χ1) is 18.3. The van der Waals surface area contributed by atoms with E-state index < -0.39 is 0 Å². The fourth-order valence-electron chi connectivity index (χ4n) is 5.62. The second kappa shape index (κ2) is 8.72. The van der Waals surface area contributed by atoms with Crippen LogP contribution in [0.25, 0.3) is 65.7 Å². The molecule has 1 aromatic heterocycles. The average Bonchev–Trinajstić information content (AvgIpc) is 2.96. The summed E-state index contributed by atoms with van der Waals surface area (Å²) in [7, 11) is 2.05. The Labute approximate surface area is 216 Å². The van der Waals surface area contributed by atoms with E-state index in [1.807, 2.05) is 7.05 Å². The zero-order valence-electron chi connectivity index (χ0n) is 20.7. The Morgan fingerprint density at radius 3 is 1.41 bits per heavy atom. The van der Waals surface area contributed by atoms with Gasteiger partial charge in [0.1, 0.15) is 7.05 Å². The summed E-state index contributed by atoms with van der Waals surface area (Å²) < 4.78 is 2.06. The van der Waals surface area contributed by atoms with Crippen molar-refractivity contribution in [1.29, 1.82) is 0 Å². The number of benzene rings is 6. The van der Waals surface area contributed by atoms with Crippen molar-refractivity contribution >= 4 is 32.3 Å². The predicted octanol–water partition coefficient (Wildman–Crippen LogP) is 8.97. The Morgan fingerprint density at radius 2 is 0.811 bits per heavy atom. The number of rotatable bonds is 3. The van der Waals surface area contributed by atoms with E-state index in [4.69, 9.17) is 0 Å². The van der Waals surface area contributed by atoms with E-state index in [0.29, 0.717) is 0 Å². The summed E-state index contributed by atoms with van der Waals surface area (Å²) in [5, 5.41) is 7.66. The lowest BCUT2D eigenvalue weighted by Gasteiger charge is -2.18. The largest absolute Gasteiger partial charge is 0.208 e. The molecule has 7 aromatic rings. The van der Waals surface area contributed by atoms with E-state index in [1.165, 1.54) is 65.7 Å². The van der Waals surface area contributed by atoms with Crippen molar-refractivity contribution in [3.8, 4) is 33.4 Å². The molecule has 0 aliphatic rings. The fraction of sp³-hybridized carbons (Fsp3) is 0.0278. The summed E-state index contributed by atoms with van der Waals surface area (Å²) in [6.45, 7) is 0. The molecule has 0 saturated heterocycles. The lowest BCUT2D eigenvalue weighted by atomic mass is 9.85. The van der Waals surface area contributed by atoms with Gasteiger partial charge in [0.25, 0.3) is 0 Å². The highest BCUT2D eigenvalue weighted by atomic mass is 14.9. The van der Waals surface area contributed by atoms with Gasteiger partial charge in [-0.1, -0.05) is 109 Å². The number of pyridine rings is 1. The van der Waals surface area contributed by atoms with Crippen LogP contribution < -0.4 is 4.57 Å². The van der Waals surface area contributed by atoms with Gasteiger partial charge in [-0.05, 0) is 71.8 Å². The van der Waals surface area contributed by atoms with E-state index in [0.717, 1.165) is 0 Å². The Kier molecular flexibility index (Phi) is 5.08. The number of hydrogen-bond acceptors (Lipinski definition) is 0. The SMILES string of the molecule is C[n+]1ccc(-c2ccc(-c3c4ccccc4c(-c4ccc5ccccc5c4)c4ccccc34)cc2)cc1. The second-order valence-corrected chi connectivity index (χ2v) is 9.73. The molecule has 37 heavy (non-hydrogen) atoms. The van der Waals surface area contributed by atoms with Gasteiger partial charge in [-0.15, -0.1) is 0 Å². The Hall–Kier alpha value is -4.75. The molecule has 1 nitrogen and oxygen atoms in total. The minimum Gasteiger partial charge on any atom is -0.208 e. The molecule has 0 atom stereocenters. The van der Waals surface area contributed by atoms with E-state index in [2.05, 4.69) is 144 Å². The average molecular weight is 473 g/mol. The van der Waals surface area contributed by atoms with Gasteiger partial charge in [0.05, 0.1) is 0 Å². The van der Waals surface area contributed by atoms with Gasteiger partial charge in [0, 0.05) is 12.1 Å². The van der Waals surface area contributed by atoms with Crippen molar-refractivity contribution in [2.45, 2.75) is 0 Å². The molecule has 0 N–H and O–H groups in total. The van der Waals surface area contributed by atoms with E-state index >= 15 is 0 Å². The molecule has 6 aromatic carbocycles. The second-order valence-electron chi connectivity index (χ2n) is 9.73. The molecule has 7 rings (SSSR count). The summed E-state index contributed by atoms with van der Waals surface area (Å²) in [4.78, 5) is 0. The molecule has 0 amide bonds. The van der Waals surface area contributed by atoms with Crippen LogP contribution in [0.15, 0.2) is 140 Å². The summed E-state index contributed by atoms with van der Waals surface area (Å²) >= 11 is 0. The maximum Gasteiger partial charge on any atom is 0.169 e. The third kappa shape index (κ3) is 3.68. The van der Waals surface area contributed by atoms with Gasteiger partial charge < -0.3 is 0 Å². The third-order valence-corrected chi connectivity index (χ3v) is 7.45.